The fourth-order valence-corrected chi connectivity index (χ4v) is 3.82. The second kappa shape index (κ2) is 8.92. The molecular formula is C17H30N4O3. The molecule has 1 aromatic rings. The number of ether oxygens (including phenoxy) is 1. The summed E-state index contributed by atoms with van der Waals surface area (Å²) in [6.07, 6.45) is 3.70. The number of β-amino-alcohol motifs (C(OH)–C–C–N with tert-alkyl or cyclic N) is 1. The standard InChI is InChI=1S/C17H30N4O3/c22-10-7-21-17(1-4-18-21)15-2-5-19(6-3-15)13-16(23)14-20-8-11-24-12-9-20/h1,4,15-16,22-23H,2-3,5-14H2/t16-/m1/s1. The molecule has 0 radical (unpaired) electrons. The van der Waals surface area contributed by atoms with Crippen molar-refractivity contribution < 1.29 is 14.9 Å². The van der Waals surface area contributed by atoms with E-state index in [-0.39, 0.29) is 12.7 Å². The lowest BCUT2D eigenvalue weighted by atomic mass is 9.93. The van der Waals surface area contributed by atoms with Gasteiger partial charge in [-0.05, 0) is 32.0 Å². The average Bonchev–Trinajstić information content (AvgIpc) is 3.05. The maximum atomic E-state index is 10.4. The third-order valence-corrected chi connectivity index (χ3v) is 5.11. The van der Waals surface area contributed by atoms with Crippen LogP contribution in [0.4, 0.5) is 0 Å². The van der Waals surface area contributed by atoms with Crippen LogP contribution >= 0.6 is 0 Å². The highest BCUT2D eigenvalue weighted by Crippen LogP contribution is 2.27. The SMILES string of the molecule is OCCn1nccc1C1CCN(C[C@@H](O)CN2CCOCC2)CC1. The summed E-state index contributed by atoms with van der Waals surface area (Å²) in [5.41, 5.74) is 1.23. The van der Waals surface area contributed by atoms with Crippen LogP contribution in [0.1, 0.15) is 24.5 Å². The van der Waals surface area contributed by atoms with Crippen LogP contribution in [-0.2, 0) is 11.3 Å². The van der Waals surface area contributed by atoms with Crippen molar-refractivity contribution >= 4 is 0 Å². The van der Waals surface area contributed by atoms with Crippen LogP contribution < -0.4 is 0 Å². The monoisotopic (exact) mass is 338 g/mol. The number of aliphatic hydroxyl groups excluding tert-OH is 2. The van der Waals surface area contributed by atoms with E-state index in [0.29, 0.717) is 12.5 Å². The van der Waals surface area contributed by atoms with Crippen LogP contribution in [-0.4, -0.2) is 95.0 Å². The molecule has 2 saturated heterocycles. The van der Waals surface area contributed by atoms with Crippen LogP contribution in [0.25, 0.3) is 0 Å². The molecule has 0 aromatic carbocycles. The molecule has 3 rings (SSSR count). The molecular weight excluding hydrogens is 308 g/mol. The first-order valence-corrected chi connectivity index (χ1v) is 9.09. The summed E-state index contributed by atoms with van der Waals surface area (Å²) in [4.78, 5) is 4.66. The minimum absolute atomic E-state index is 0.126. The topological polar surface area (TPSA) is 74.0 Å². The summed E-state index contributed by atoms with van der Waals surface area (Å²) in [6.45, 7) is 7.61. The van der Waals surface area contributed by atoms with Gasteiger partial charge in [0.25, 0.3) is 0 Å². The van der Waals surface area contributed by atoms with Gasteiger partial charge in [0, 0.05) is 44.0 Å². The molecule has 2 aliphatic heterocycles. The predicted molar refractivity (Wildman–Crippen MR) is 91.0 cm³/mol. The lowest BCUT2D eigenvalue weighted by Crippen LogP contribution is -2.46. The van der Waals surface area contributed by atoms with E-state index in [1.165, 1.54) is 5.69 Å². The Hall–Kier alpha value is -0.990. The molecule has 0 spiro atoms. The van der Waals surface area contributed by atoms with Gasteiger partial charge in [0.05, 0.1) is 32.5 Å². The second-order valence-electron chi connectivity index (χ2n) is 6.84. The molecule has 0 amide bonds. The number of aromatic nitrogens is 2. The van der Waals surface area contributed by atoms with Crippen LogP contribution in [0.3, 0.4) is 0 Å². The first-order valence-electron chi connectivity index (χ1n) is 9.09. The van der Waals surface area contributed by atoms with Crippen LogP contribution in [0, 0.1) is 0 Å². The summed E-state index contributed by atoms with van der Waals surface area (Å²) in [5, 5.41) is 23.8. The summed E-state index contributed by atoms with van der Waals surface area (Å²) in [5.74, 6) is 0.506. The first-order chi connectivity index (χ1) is 11.8. The fraction of sp³-hybridized carbons (Fsp3) is 0.824. The molecule has 7 heteroatoms. The largest absolute Gasteiger partial charge is 0.394 e. The highest BCUT2D eigenvalue weighted by molar-refractivity contribution is 5.09. The second-order valence-corrected chi connectivity index (χ2v) is 6.84. The molecule has 0 bridgehead atoms. The Bertz CT molecular complexity index is 482. The van der Waals surface area contributed by atoms with Crippen LogP contribution in [0.15, 0.2) is 12.3 Å². The minimum Gasteiger partial charge on any atom is -0.394 e. The number of piperidine rings is 1. The molecule has 24 heavy (non-hydrogen) atoms. The molecule has 1 aromatic heterocycles. The van der Waals surface area contributed by atoms with Gasteiger partial charge in [-0.2, -0.15) is 5.10 Å². The van der Waals surface area contributed by atoms with E-state index in [2.05, 4.69) is 21.0 Å². The predicted octanol–water partition coefficient (Wildman–Crippen LogP) is -0.252. The summed E-state index contributed by atoms with van der Waals surface area (Å²) < 4.78 is 7.27. The first kappa shape index (κ1) is 17.8. The van der Waals surface area contributed by atoms with E-state index >= 15 is 0 Å². The Kier molecular flexibility index (Phi) is 6.62. The molecule has 0 saturated carbocycles. The fourth-order valence-electron chi connectivity index (χ4n) is 3.82. The van der Waals surface area contributed by atoms with Gasteiger partial charge in [0.15, 0.2) is 0 Å². The zero-order valence-electron chi connectivity index (χ0n) is 14.4. The minimum atomic E-state index is -0.292. The van der Waals surface area contributed by atoms with Crippen molar-refractivity contribution in [1.82, 2.24) is 19.6 Å². The summed E-state index contributed by atoms with van der Waals surface area (Å²) in [6, 6.07) is 2.07. The van der Waals surface area contributed by atoms with E-state index in [1.807, 2.05) is 10.9 Å². The van der Waals surface area contributed by atoms with Gasteiger partial charge in [-0.25, -0.2) is 0 Å². The maximum absolute atomic E-state index is 10.4. The molecule has 0 aliphatic carbocycles. The molecule has 1 atom stereocenters. The van der Waals surface area contributed by atoms with Gasteiger partial charge >= 0.3 is 0 Å². The van der Waals surface area contributed by atoms with Crippen molar-refractivity contribution in [3.63, 3.8) is 0 Å². The van der Waals surface area contributed by atoms with Crippen molar-refractivity contribution in [3.05, 3.63) is 18.0 Å². The maximum Gasteiger partial charge on any atom is 0.0793 e. The number of aliphatic hydroxyl groups is 2. The molecule has 2 aliphatic rings. The van der Waals surface area contributed by atoms with Gasteiger partial charge < -0.3 is 19.8 Å². The van der Waals surface area contributed by atoms with E-state index in [9.17, 15) is 5.11 Å². The Morgan fingerprint density at radius 3 is 2.46 bits per heavy atom. The Labute approximate surface area is 143 Å². The number of rotatable bonds is 7. The highest BCUT2D eigenvalue weighted by Gasteiger charge is 2.25. The zero-order valence-corrected chi connectivity index (χ0v) is 14.4. The van der Waals surface area contributed by atoms with Gasteiger partial charge in [-0.3, -0.25) is 9.58 Å². The number of nitrogens with zero attached hydrogens (tertiary/aromatic N) is 4. The van der Waals surface area contributed by atoms with E-state index in [4.69, 9.17) is 9.84 Å². The Morgan fingerprint density at radius 1 is 1.12 bits per heavy atom. The molecule has 7 nitrogen and oxygen atoms in total. The third kappa shape index (κ3) is 4.77. The smallest absolute Gasteiger partial charge is 0.0793 e. The lowest BCUT2D eigenvalue weighted by molar-refractivity contribution is 0.00502. The highest BCUT2D eigenvalue weighted by atomic mass is 16.5. The molecule has 3 heterocycles. The Morgan fingerprint density at radius 2 is 1.79 bits per heavy atom. The summed E-state index contributed by atoms with van der Waals surface area (Å²) >= 11 is 0. The van der Waals surface area contributed by atoms with Crippen LogP contribution in [0.5, 0.6) is 0 Å². The van der Waals surface area contributed by atoms with Crippen LogP contribution in [0.2, 0.25) is 0 Å². The van der Waals surface area contributed by atoms with Gasteiger partial charge in [-0.15, -0.1) is 0 Å². The van der Waals surface area contributed by atoms with Gasteiger partial charge in [0.2, 0.25) is 0 Å². The normalized spacial score (nSPS) is 22.8. The van der Waals surface area contributed by atoms with Crippen molar-refractivity contribution in [2.24, 2.45) is 0 Å². The zero-order chi connectivity index (χ0) is 16.8. The number of hydrogen-bond acceptors (Lipinski definition) is 6. The molecule has 0 unspecified atom stereocenters. The lowest BCUT2D eigenvalue weighted by Gasteiger charge is -2.35. The van der Waals surface area contributed by atoms with E-state index < -0.39 is 0 Å². The van der Waals surface area contributed by atoms with Crippen molar-refractivity contribution in [2.45, 2.75) is 31.4 Å². The molecule has 136 valence electrons. The quantitative estimate of drug-likeness (QED) is 0.714. The number of likely N-dealkylation sites (tertiary alicyclic amines) is 1. The van der Waals surface area contributed by atoms with E-state index in [0.717, 1.165) is 65.3 Å². The third-order valence-electron chi connectivity index (χ3n) is 5.11. The van der Waals surface area contributed by atoms with E-state index in [1.54, 1.807) is 0 Å². The number of morpholine rings is 1. The van der Waals surface area contributed by atoms with Gasteiger partial charge in [-0.1, -0.05) is 0 Å². The van der Waals surface area contributed by atoms with Gasteiger partial charge in [0.1, 0.15) is 0 Å². The molecule has 2 fully saturated rings. The van der Waals surface area contributed by atoms with Crippen molar-refractivity contribution in [2.75, 3.05) is 59.1 Å². The number of hydrogen-bond donors (Lipinski definition) is 2. The molecule has 2 N–H and O–H groups in total. The Balaban J connectivity index is 1.42. The van der Waals surface area contributed by atoms with Crippen molar-refractivity contribution in [3.8, 4) is 0 Å². The summed E-state index contributed by atoms with van der Waals surface area (Å²) in [7, 11) is 0. The van der Waals surface area contributed by atoms with Crippen molar-refractivity contribution in [1.29, 1.82) is 0 Å². The average molecular weight is 338 g/mol.